The van der Waals surface area contributed by atoms with Crippen molar-refractivity contribution in [3.05, 3.63) is 63.2 Å². The van der Waals surface area contributed by atoms with Crippen LogP contribution in [0.4, 0.5) is 0 Å². The summed E-state index contributed by atoms with van der Waals surface area (Å²) in [5, 5.41) is 0.389. The van der Waals surface area contributed by atoms with E-state index in [9.17, 15) is 4.79 Å². The number of benzene rings is 1. The Balaban J connectivity index is 2.14. The maximum atomic E-state index is 12.3. The first-order valence-electron chi connectivity index (χ1n) is 6.33. The van der Waals surface area contributed by atoms with Crippen LogP contribution in [0.25, 0.3) is 11.2 Å². The highest BCUT2D eigenvalue weighted by molar-refractivity contribution is 6.29. The van der Waals surface area contributed by atoms with E-state index in [-0.39, 0.29) is 5.69 Å². The average molecular weight is 288 g/mol. The number of hydrogen-bond acceptors (Lipinski definition) is 2. The molecule has 20 heavy (non-hydrogen) atoms. The van der Waals surface area contributed by atoms with E-state index >= 15 is 0 Å². The van der Waals surface area contributed by atoms with Crippen molar-refractivity contribution in [2.45, 2.75) is 13.5 Å². The van der Waals surface area contributed by atoms with Gasteiger partial charge in [-0.2, -0.15) is 0 Å². The van der Waals surface area contributed by atoms with E-state index in [1.165, 1.54) is 10.1 Å². The quantitative estimate of drug-likeness (QED) is 0.680. The lowest BCUT2D eigenvalue weighted by molar-refractivity contribution is 0.734. The topological polar surface area (TPSA) is 39.8 Å². The van der Waals surface area contributed by atoms with Crippen LogP contribution in [0.15, 0.2) is 41.2 Å². The lowest BCUT2D eigenvalue weighted by Crippen LogP contribution is -2.22. The summed E-state index contributed by atoms with van der Waals surface area (Å²) in [5.41, 5.74) is 3.60. The van der Waals surface area contributed by atoms with Gasteiger partial charge in [0, 0.05) is 7.05 Å². The largest absolute Gasteiger partial charge is 0.330 e. The number of aromatic nitrogens is 3. The van der Waals surface area contributed by atoms with Gasteiger partial charge >= 0.3 is 5.69 Å². The Labute approximate surface area is 121 Å². The molecule has 5 heteroatoms. The first-order chi connectivity index (χ1) is 9.56. The molecule has 0 aliphatic rings. The zero-order valence-electron chi connectivity index (χ0n) is 11.3. The Kier molecular flexibility index (Phi) is 3.10. The number of imidazole rings is 1. The number of halogens is 1. The molecule has 0 unspecified atom stereocenters. The minimum absolute atomic E-state index is 0.0876. The molecule has 0 amide bonds. The van der Waals surface area contributed by atoms with E-state index in [1.54, 1.807) is 17.7 Å². The van der Waals surface area contributed by atoms with Crippen LogP contribution in [-0.2, 0) is 13.6 Å². The van der Waals surface area contributed by atoms with E-state index in [4.69, 9.17) is 11.6 Å². The number of pyridine rings is 1. The van der Waals surface area contributed by atoms with Gasteiger partial charge in [-0.1, -0.05) is 41.4 Å². The average Bonchev–Trinajstić information content (AvgIpc) is 2.66. The fraction of sp³-hybridized carbons (Fsp3) is 0.200. The van der Waals surface area contributed by atoms with E-state index < -0.39 is 0 Å². The molecule has 2 heterocycles. The van der Waals surface area contributed by atoms with Gasteiger partial charge in [-0.3, -0.25) is 9.13 Å². The monoisotopic (exact) mass is 287 g/mol. The van der Waals surface area contributed by atoms with Crippen LogP contribution in [0.2, 0.25) is 5.15 Å². The minimum Gasteiger partial charge on any atom is -0.286 e. The summed E-state index contributed by atoms with van der Waals surface area (Å²) in [5.74, 6) is 0. The molecule has 0 atom stereocenters. The Morgan fingerprint density at radius 1 is 1.15 bits per heavy atom. The van der Waals surface area contributed by atoms with Crippen LogP contribution in [0.1, 0.15) is 11.1 Å². The SMILES string of the molecule is Cc1ccc(Cn2c(=O)n(C)c3nc(Cl)ccc32)cc1. The Hall–Kier alpha value is -2.07. The van der Waals surface area contributed by atoms with E-state index in [0.29, 0.717) is 17.3 Å². The summed E-state index contributed by atoms with van der Waals surface area (Å²) >= 11 is 5.89. The van der Waals surface area contributed by atoms with Gasteiger partial charge in [0.25, 0.3) is 0 Å². The predicted molar refractivity (Wildman–Crippen MR) is 80.3 cm³/mol. The van der Waals surface area contributed by atoms with E-state index in [2.05, 4.69) is 4.98 Å². The number of fused-ring (bicyclic) bond motifs is 1. The van der Waals surface area contributed by atoms with Gasteiger partial charge in [0.05, 0.1) is 12.1 Å². The van der Waals surface area contributed by atoms with Crippen LogP contribution in [-0.4, -0.2) is 14.1 Å². The first kappa shape index (κ1) is 12.9. The maximum absolute atomic E-state index is 12.3. The summed E-state index contributed by atoms with van der Waals surface area (Å²) in [7, 11) is 1.71. The van der Waals surface area contributed by atoms with Crippen molar-refractivity contribution in [2.75, 3.05) is 0 Å². The Bertz CT molecular complexity index is 831. The molecule has 0 saturated carbocycles. The molecule has 4 nitrogen and oxygen atoms in total. The smallest absolute Gasteiger partial charge is 0.286 e. The molecule has 102 valence electrons. The Morgan fingerprint density at radius 2 is 1.85 bits per heavy atom. The van der Waals surface area contributed by atoms with Gasteiger partial charge in [-0.05, 0) is 24.6 Å². The van der Waals surface area contributed by atoms with E-state index in [1.807, 2.05) is 37.3 Å². The third kappa shape index (κ3) is 2.12. The van der Waals surface area contributed by atoms with E-state index in [0.717, 1.165) is 11.1 Å². The first-order valence-corrected chi connectivity index (χ1v) is 6.71. The molecular weight excluding hydrogens is 274 g/mol. The molecule has 0 N–H and O–H groups in total. The van der Waals surface area contributed by atoms with Crippen LogP contribution in [0, 0.1) is 6.92 Å². The van der Waals surface area contributed by atoms with Crippen LogP contribution in [0.3, 0.4) is 0 Å². The molecular formula is C15H14ClN3O. The number of nitrogens with zero attached hydrogens (tertiary/aromatic N) is 3. The lowest BCUT2D eigenvalue weighted by Gasteiger charge is -2.04. The standard InChI is InChI=1S/C15H14ClN3O/c1-10-3-5-11(6-4-10)9-19-12-7-8-13(16)17-14(12)18(2)15(19)20/h3-8H,9H2,1-2H3. The van der Waals surface area contributed by atoms with Gasteiger partial charge in [0.2, 0.25) is 0 Å². The molecule has 0 aliphatic carbocycles. The zero-order valence-corrected chi connectivity index (χ0v) is 12.1. The van der Waals surface area contributed by atoms with Crippen molar-refractivity contribution < 1.29 is 0 Å². The number of hydrogen-bond donors (Lipinski definition) is 0. The molecule has 2 aromatic heterocycles. The Morgan fingerprint density at radius 3 is 2.55 bits per heavy atom. The molecule has 0 fully saturated rings. The molecule has 3 rings (SSSR count). The van der Waals surface area contributed by atoms with Gasteiger partial charge in [-0.15, -0.1) is 0 Å². The molecule has 0 radical (unpaired) electrons. The third-order valence-corrected chi connectivity index (χ3v) is 3.62. The minimum atomic E-state index is -0.0876. The fourth-order valence-corrected chi connectivity index (χ4v) is 2.42. The molecule has 3 aromatic rings. The summed E-state index contributed by atoms with van der Waals surface area (Å²) in [6, 6.07) is 11.7. The van der Waals surface area contributed by atoms with Crippen LogP contribution >= 0.6 is 11.6 Å². The second-order valence-corrected chi connectivity index (χ2v) is 5.28. The van der Waals surface area contributed by atoms with Crippen molar-refractivity contribution in [1.82, 2.24) is 14.1 Å². The van der Waals surface area contributed by atoms with Crippen molar-refractivity contribution in [2.24, 2.45) is 7.05 Å². The predicted octanol–water partition coefficient (Wildman–Crippen LogP) is 2.75. The van der Waals surface area contributed by atoms with Crippen molar-refractivity contribution >= 4 is 22.8 Å². The van der Waals surface area contributed by atoms with Crippen molar-refractivity contribution in [3.8, 4) is 0 Å². The molecule has 0 spiro atoms. The highest BCUT2D eigenvalue weighted by atomic mass is 35.5. The number of aryl methyl sites for hydroxylation is 2. The molecule has 0 bridgehead atoms. The van der Waals surface area contributed by atoms with Crippen molar-refractivity contribution in [3.63, 3.8) is 0 Å². The van der Waals surface area contributed by atoms with Crippen molar-refractivity contribution in [1.29, 1.82) is 0 Å². The normalized spacial score (nSPS) is 11.2. The van der Waals surface area contributed by atoms with Gasteiger partial charge in [-0.25, -0.2) is 9.78 Å². The maximum Gasteiger partial charge on any atom is 0.330 e. The lowest BCUT2D eigenvalue weighted by atomic mass is 10.1. The summed E-state index contributed by atoms with van der Waals surface area (Å²) in [6.45, 7) is 2.57. The number of rotatable bonds is 2. The summed E-state index contributed by atoms with van der Waals surface area (Å²) < 4.78 is 3.23. The summed E-state index contributed by atoms with van der Waals surface area (Å²) in [6.07, 6.45) is 0. The van der Waals surface area contributed by atoms with Gasteiger partial charge < -0.3 is 0 Å². The second-order valence-electron chi connectivity index (χ2n) is 4.89. The third-order valence-electron chi connectivity index (χ3n) is 3.41. The van der Waals surface area contributed by atoms with Gasteiger partial charge in [0.15, 0.2) is 5.65 Å². The molecule has 0 saturated heterocycles. The van der Waals surface area contributed by atoms with Gasteiger partial charge in [0.1, 0.15) is 5.15 Å². The second kappa shape index (κ2) is 4.80. The highest BCUT2D eigenvalue weighted by Gasteiger charge is 2.12. The fourth-order valence-electron chi connectivity index (χ4n) is 2.28. The summed E-state index contributed by atoms with van der Waals surface area (Å²) in [4.78, 5) is 16.5. The molecule has 1 aromatic carbocycles. The molecule has 0 aliphatic heterocycles. The zero-order chi connectivity index (χ0) is 14.3. The van der Waals surface area contributed by atoms with Crippen LogP contribution < -0.4 is 5.69 Å². The highest BCUT2D eigenvalue weighted by Crippen LogP contribution is 2.15. The van der Waals surface area contributed by atoms with Crippen LogP contribution in [0.5, 0.6) is 0 Å².